The Kier molecular flexibility index (Phi) is 13.4. The number of fused-ring (bicyclic) bond motifs is 8. The fraction of sp³-hybridized carbons (Fsp3) is 0.510. The molecule has 1 aromatic rings. The average Bonchev–Trinajstić information content (AvgIpc) is 3.62. The zero-order valence-electron chi connectivity index (χ0n) is 34.3. The molecular formula is C49H64Cl2Zr-2. The van der Waals surface area contributed by atoms with Crippen LogP contribution in [-0.2, 0) is 24.2 Å². The van der Waals surface area contributed by atoms with Crippen LogP contribution in [0, 0.1) is 67.7 Å². The maximum absolute atomic E-state index is 3.40. The molecule has 0 heterocycles. The first-order valence-corrected chi connectivity index (χ1v) is 20.3. The number of hydrogen-bond donors (Lipinski definition) is 0. The SMILES string of the molecule is CC1=CC=CC2[CH-]C3(C)C4(C)C=CC=CC4(C)C4(C)C=CC=CC4(C)C3(C)C12C.CCCC1[C-]=CC(C(C)(C)C)=C1.C[C](=[Zr+2])c1ccccc1.[Cl-].[Cl-]. The molecule has 0 saturated heterocycles. The van der Waals surface area contributed by atoms with Gasteiger partial charge in [0.2, 0.25) is 0 Å². The maximum Gasteiger partial charge on any atom is -1.00 e. The Bertz CT molecular complexity index is 1730. The Labute approximate surface area is 346 Å². The first-order chi connectivity index (χ1) is 23.2. The molecule has 3 heteroatoms. The van der Waals surface area contributed by atoms with Crippen LogP contribution in [0.2, 0.25) is 0 Å². The van der Waals surface area contributed by atoms with Gasteiger partial charge in [-0.2, -0.15) is 11.6 Å². The van der Waals surface area contributed by atoms with Crippen molar-refractivity contribution in [2.45, 2.75) is 103 Å². The molecule has 0 bridgehead atoms. The summed E-state index contributed by atoms with van der Waals surface area (Å²) in [6.45, 7) is 31.5. The van der Waals surface area contributed by atoms with Gasteiger partial charge in [-0.05, 0) is 28.6 Å². The Balaban J connectivity index is 0.000000262. The number of rotatable bonds is 3. The van der Waals surface area contributed by atoms with E-state index in [-0.39, 0.29) is 62.7 Å². The van der Waals surface area contributed by atoms with Crippen molar-refractivity contribution < 1.29 is 49.0 Å². The molecule has 0 amide bonds. The minimum Gasteiger partial charge on any atom is -1.00 e. The van der Waals surface area contributed by atoms with Gasteiger partial charge in [0.05, 0.1) is 0 Å². The summed E-state index contributed by atoms with van der Waals surface area (Å²) in [7, 11) is 0. The van der Waals surface area contributed by atoms with Crippen molar-refractivity contribution in [2.75, 3.05) is 0 Å². The Morgan fingerprint density at radius 1 is 0.788 bits per heavy atom. The van der Waals surface area contributed by atoms with Crippen LogP contribution in [0.25, 0.3) is 0 Å². The van der Waals surface area contributed by atoms with E-state index in [1.807, 2.05) is 6.07 Å². The Morgan fingerprint density at radius 2 is 1.31 bits per heavy atom. The largest absolute Gasteiger partial charge is 1.00 e. The van der Waals surface area contributed by atoms with Gasteiger partial charge in [-0.3, -0.25) is 6.08 Å². The number of benzene rings is 1. The molecule has 0 radical (unpaired) electrons. The molecule has 0 aliphatic heterocycles. The molecule has 7 rings (SSSR count). The van der Waals surface area contributed by atoms with E-state index in [2.05, 4.69) is 206 Å². The molecule has 6 aliphatic carbocycles. The number of hydrogen-bond acceptors (Lipinski definition) is 0. The van der Waals surface area contributed by atoms with Crippen LogP contribution in [0.5, 0.6) is 0 Å². The van der Waals surface area contributed by atoms with Crippen LogP contribution in [0.3, 0.4) is 0 Å². The topological polar surface area (TPSA) is 0 Å². The molecule has 0 N–H and O–H groups in total. The van der Waals surface area contributed by atoms with Gasteiger partial charge < -0.3 is 31.2 Å². The van der Waals surface area contributed by atoms with Gasteiger partial charge in [0, 0.05) is 10.8 Å². The van der Waals surface area contributed by atoms with E-state index in [0.717, 1.165) is 0 Å². The molecule has 0 aromatic heterocycles. The molecule has 2 saturated carbocycles. The van der Waals surface area contributed by atoms with Crippen molar-refractivity contribution in [2.24, 2.45) is 55.2 Å². The van der Waals surface area contributed by atoms with Crippen LogP contribution in [0.15, 0.2) is 120 Å². The molecule has 0 spiro atoms. The van der Waals surface area contributed by atoms with Gasteiger partial charge in [0.15, 0.2) is 0 Å². The summed E-state index contributed by atoms with van der Waals surface area (Å²) >= 11 is 1.51. The van der Waals surface area contributed by atoms with Gasteiger partial charge in [0.25, 0.3) is 0 Å². The molecular weight excluding hydrogens is 751 g/mol. The van der Waals surface area contributed by atoms with Crippen LogP contribution < -0.4 is 24.8 Å². The molecule has 9 unspecified atom stereocenters. The summed E-state index contributed by atoms with van der Waals surface area (Å²) in [5, 5.41) is 0. The van der Waals surface area contributed by atoms with Crippen molar-refractivity contribution in [3.05, 3.63) is 139 Å². The average molecular weight is 815 g/mol. The summed E-state index contributed by atoms with van der Waals surface area (Å²) < 4.78 is 1.46. The van der Waals surface area contributed by atoms with Crippen molar-refractivity contribution in [1.82, 2.24) is 0 Å². The summed E-state index contributed by atoms with van der Waals surface area (Å²) in [5.41, 5.74) is 4.85. The monoisotopic (exact) mass is 812 g/mol. The first kappa shape index (κ1) is 44.9. The third-order valence-electron chi connectivity index (χ3n) is 15.5. The normalized spacial score (nSPS) is 39.8. The van der Waals surface area contributed by atoms with Crippen LogP contribution in [0.1, 0.15) is 108 Å². The predicted molar refractivity (Wildman–Crippen MR) is 214 cm³/mol. The second kappa shape index (κ2) is 15.5. The van der Waals surface area contributed by atoms with Gasteiger partial charge >= 0.3 is 70.3 Å². The summed E-state index contributed by atoms with van der Waals surface area (Å²) in [5.74, 6) is 1.05. The third kappa shape index (κ3) is 6.23. The standard InChI is InChI=1S/C29H37.C12H19.C8H8.2ClH.Zr/c1-21-14-13-15-22-20-27(6)25(4)18-10-9-16-23(25,2)24(3)17-11-12-19-26(24,5)29(27,8)28(21,22)7;1-5-6-10-7-8-11(9-10)12(2,3)4;1-2-8-6-4-3-5-7-8;;;/h9-20,22H,1-8H3;8-10H,5-6H2,1-4H3;3-7H,1H3;2*1H;/q2*-1;;;;+2/p-2. The molecule has 2 fully saturated rings. The minimum absolute atomic E-state index is 0. The van der Waals surface area contributed by atoms with Crippen molar-refractivity contribution in [3.63, 3.8) is 0 Å². The van der Waals surface area contributed by atoms with Crippen molar-refractivity contribution in [3.8, 4) is 0 Å². The second-order valence-corrected chi connectivity index (χ2v) is 20.1. The van der Waals surface area contributed by atoms with E-state index < -0.39 is 0 Å². The zero-order valence-corrected chi connectivity index (χ0v) is 38.3. The molecule has 1 aromatic carbocycles. The van der Waals surface area contributed by atoms with Crippen molar-refractivity contribution >= 4 is 3.21 Å². The van der Waals surface area contributed by atoms with E-state index in [4.69, 9.17) is 0 Å². The van der Waals surface area contributed by atoms with Gasteiger partial charge in [-0.25, -0.2) is 6.08 Å². The van der Waals surface area contributed by atoms with Crippen LogP contribution in [-0.4, -0.2) is 3.21 Å². The fourth-order valence-electron chi connectivity index (χ4n) is 11.4. The molecule has 9 atom stereocenters. The predicted octanol–water partition coefficient (Wildman–Crippen LogP) is 7.18. The Morgan fingerprint density at radius 3 is 1.79 bits per heavy atom. The molecule has 280 valence electrons. The van der Waals surface area contributed by atoms with E-state index in [0.29, 0.717) is 17.3 Å². The smallest absolute Gasteiger partial charge is 1.00 e. The van der Waals surface area contributed by atoms with E-state index in [9.17, 15) is 0 Å². The summed E-state index contributed by atoms with van der Waals surface area (Å²) in [4.78, 5) is 0. The van der Waals surface area contributed by atoms with Gasteiger partial charge in [-0.1, -0.05) is 167 Å². The Hall–Kier alpha value is -1.53. The molecule has 0 nitrogen and oxygen atoms in total. The first-order valence-electron chi connectivity index (χ1n) is 19.1. The number of halogens is 2. The quantitative estimate of drug-likeness (QED) is 0.284. The minimum atomic E-state index is 0. The van der Waals surface area contributed by atoms with Crippen LogP contribution in [0.4, 0.5) is 0 Å². The molecule has 6 aliphatic rings. The van der Waals surface area contributed by atoms with Crippen molar-refractivity contribution in [1.29, 1.82) is 0 Å². The summed E-state index contributed by atoms with van der Waals surface area (Å²) in [6, 6.07) is 10.5. The van der Waals surface area contributed by atoms with Gasteiger partial charge in [-0.15, -0.1) is 17.4 Å². The van der Waals surface area contributed by atoms with E-state index >= 15 is 0 Å². The second-order valence-electron chi connectivity index (χ2n) is 18.3. The van der Waals surface area contributed by atoms with E-state index in [1.165, 1.54) is 57.0 Å². The third-order valence-corrected chi connectivity index (χ3v) is 16.3. The maximum atomic E-state index is 3.40. The fourth-order valence-corrected chi connectivity index (χ4v) is 11.8. The number of allylic oxidation sites excluding steroid dienone is 16. The summed E-state index contributed by atoms with van der Waals surface area (Å²) in [6.07, 6.45) is 39.7. The van der Waals surface area contributed by atoms with E-state index in [1.54, 1.807) is 0 Å². The van der Waals surface area contributed by atoms with Crippen LogP contribution >= 0.6 is 0 Å². The zero-order chi connectivity index (χ0) is 37.0. The van der Waals surface area contributed by atoms with Gasteiger partial charge in [0.1, 0.15) is 0 Å². The molecule has 52 heavy (non-hydrogen) atoms.